The number of ether oxygens (including phenoxy) is 2. The molecule has 1 aromatic carbocycles. The number of hydrogen-bond acceptors (Lipinski definition) is 6. The first-order valence-electron chi connectivity index (χ1n) is 8.64. The minimum Gasteiger partial charge on any atom is -0.507 e. The van der Waals surface area contributed by atoms with Crippen LogP contribution in [0.15, 0.2) is 41.3 Å². The van der Waals surface area contributed by atoms with Crippen molar-refractivity contribution < 1.29 is 24.2 Å². The van der Waals surface area contributed by atoms with E-state index in [1.165, 1.54) is 23.3 Å². The van der Waals surface area contributed by atoms with Crippen LogP contribution in [-0.2, 0) is 14.3 Å². The molecule has 0 radical (unpaired) electrons. The van der Waals surface area contributed by atoms with Gasteiger partial charge in [-0.1, -0.05) is 17.7 Å². The number of carbonyl (C=O) groups excluding carboxylic acids is 2. The fourth-order valence-corrected chi connectivity index (χ4v) is 4.24. The van der Waals surface area contributed by atoms with Crippen LogP contribution < -0.4 is 4.74 Å². The van der Waals surface area contributed by atoms with E-state index in [1.54, 1.807) is 25.3 Å². The van der Waals surface area contributed by atoms with Gasteiger partial charge in [0.2, 0.25) is 0 Å². The molecule has 1 aromatic heterocycles. The molecule has 6 nitrogen and oxygen atoms in total. The Morgan fingerprint density at radius 2 is 2.07 bits per heavy atom. The number of carbonyl (C=O) groups is 2. The van der Waals surface area contributed by atoms with Gasteiger partial charge in [-0.05, 0) is 36.1 Å². The minimum absolute atomic E-state index is 0.0641. The Balaban J connectivity index is 2.09. The Morgan fingerprint density at radius 1 is 1.29 bits per heavy atom. The first-order chi connectivity index (χ1) is 13.5. The van der Waals surface area contributed by atoms with Gasteiger partial charge in [0.25, 0.3) is 11.7 Å². The Labute approximate surface area is 171 Å². The Bertz CT molecular complexity index is 909. The van der Waals surface area contributed by atoms with Crippen LogP contribution in [0.25, 0.3) is 5.76 Å². The normalized spacial score (nSPS) is 18.7. The Kier molecular flexibility index (Phi) is 6.39. The summed E-state index contributed by atoms with van der Waals surface area (Å²) in [4.78, 5) is 27.8. The number of aliphatic hydroxyl groups is 1. The predicted octanol–water partition coefficient (Wildman–Crippen LogP) is 3.87. The van der Waals surface area contributed by atoms with Crippen molar-refractivity contribution in [3.05, 3.63) is 56.7 Å². The molecule has 3 rings (SSSR count). The maximum Gasteiger partial charge on any atom is 0.295 e. The summed E-state index contributed by atoms with van der Waals surface area (Å²) in [5.74, 6) is -1.21. The quantitative estimate of drug-likeness (QED) is 0.318. The third kappa shape index (κ3) is 3.78. The fourth-order valence-electron chi connectivity index (χ4n) is 3.20. The number of likely N-dealkylation sites (tertiary alicyclic amines) is 1. The molecule has 0 saturated carbocycles. The molecule has 0 aliphatic carbocycles. The van der Waals surface area contributed by atoms with E-state index in [4.69, 9.17) is 21.1 Å². The lowest BCUT2D eigenvalue weighted by Crippen LogP contribution is -2.31. The minimum atomic E-state index is -0.706. The van der Waals surface area contributed by atoms with Gasteiger partial charge in [0.15, 0.2) is 0 Å². The molecule has 0 spiro atoms. The van der Waals surface area contributed by atoms with Gasteiger partial charge < -0.3 is 19.5 Å². The number of ketones is 1. The average molecular weight is 422 g/mol. The van der Waals surface area contributed by atoms with E-state index in [0.29, 0.717) is 35.9 Å². The maximum absolute atomic E-state index is 12.8. The van der Waals surface area contributed by atoms with Crippen molar-refractivity contribution in [2.75, 3.05) is 27.4 Å². The molecule has 0 bridgehead atoms. The molecule has 1 aliphatic heterocycles. The third-order valence-electron chi connectivity index (χ3n) is 4.52. The van der Waals surface area contributed by atoms with Gasteiger partial charge in [-0.3, -0.25) is 9.59 Å². The second kappa shape index (κ2) is 8.77. The number of methoxy groups -OCH3 is 2. The number of rotatable bonds is 7. The van der Waals surface area contributed by atoms with Crippen LogP contribution >= 0.6 is 22.9 Å². The monoisotopic (exact) mass is 421 g/mol. The smallest absolute Gasteiger partial charge is 0.295 e. The van der Waals surface area contributed by atoms with Gasteiger partial charge in [-0.15, -0.1) is 11.3 Å². The summed E-state index contributed by atoms with van der Waals surface area (Å²) in [6.07, 6.45) is 0.584. The van der Waals surface area contributed by atoms with E-state index in [-0.39, 0.29) is 11.3 Å². The molecule has 1 aliphatic rings. The molecule has 1 N–H and O–H groups in total. The molecular weight excluding hydrogens is 402 g/mol. The second-order valence-electron chi connectivity index (χ2n) is 6.20. The largest absolute Gasteiger partial charge is 0.507 e. The van der Waals surface area contributed by atoms with E-state index in [0.717, 1.165) is 4.88 Å². The summed E-state index contributed by atoms with van der Waals surface area (Å²) in [5.41, 5.74) is 0.423. The van der Waals surface area contributed by atoms with Crippen molar-refractivity contribution >= 4 is 40.4 Å². The maximum atomic E-state index is 12.8. The summed E-state index contributed by atoms with van der Waals surface area (Å²) >= 11 is 7.48. The predicted molar refractivity (Wildman–Crippen MR) is 108 cm³/mol. The van der Waals surface area contributed by atoms with Crippen LogP contribution in [-0.4, -0.2) is 49.1 Å². The number of halogens is 1. The number of aliphatic hydroxyl groups excluding tert-OH is 1. The third-order valence-corrected chi connectivity index (χ3v) is 5.76. The van der Waals surface area contributed by atoms with Gasteiger partial charge in [-0.25, -0.2) is 0 Å². The van der Waals surface area contributed by atoms with Gasteiger partial charge in [0.05, 0.1) is 23.7 Å². The first kappa shape index (κ1) is 20.4. The lowest BCUT2D eigenvalue weighted by molar-refractivity contribution is -0.140. The zero-order valence-electron chi connectivity index (χ0n) is 15.5. The highest BCUT2D eigenvalue weighted by atomic mass is 35.5. The van der Waals surface area contributed by atoms with Crippen molar-refractivity contribution in [3.63, 3.8) is 0 Å². The zero-order valence-corrected chi connectivity index (χ0v) is 17.0. The van der Waals surface area contributed by atoms with Crippen LogP contribution in [0.2, 0.25) is 5.02 Å². The van der Waals surface area contributed by atoms with Crippen molar-refractivity contribution in [3.8, 4) is 5.75 Å². The lowest BCUT2D eigenvalue weighted by Gasteiger charge is -2.24. The number of amides is 1. The molecule has 1 saturated heterocycles. The van der Waals surface area contributed by atoms with Crippen LogP contribution in [0.5, 0.6) is 5.75 Å². The molecule has 148 valence electrons. The van der Waals surface area contributed by atoms with Gasteiger partial charge in [-0.2, -0.15) is 0 Å². The first-order valence-corrected chi connectivity index (χ1v) is 9.90. The Morgan fingerprint density at radius 3 is 2.71 bits per heavy atom. The highest BCUT2D eigenvalue weighted by Crippen LogP contribution is 2.41. The van der Waals surface area contributed by atoms with Gasteiger partial charge >= 0.3 is 0 Å². The SMILES string of the molecule is COCCCN1C(=O)C(=O)/C(=C(\O)c2ccc(Cl)c(OC)c2)C1c1cccs1. The fraction of sp³-hybridized carbons (Fsp3) is 0.300. The summed E-state index contributed by atoms with van der Waals surface area (Å²) in [6, 6.07) is 7.76. The second-order valence-corrected chi connectivity index (χ2v) is 7.59. The van der Waals surface area contributed by atoms with E-state index in [1.807, 2.05) is 17.5 Å². The molecule has 1 atom stereocenters. The van der Waals surface area contributed by atoms with Gasteiger partial charge in [0.1, 0.15) is 11.5 Å². The highest BCUT2D eigenvalue weighted by molar-refractivity contribution is 7.10. The topological polar surface area (TPSA) is 76.1 Å². The lowest BCUT2D eigenvalue weighted by atomic mass is 9.99. The summed E-state index contributed by atoms with van der Waals surface area (Å²) in [6.45, 7) is 0.816. The molecule has 1 amide bonds. The molecule has 1 unspecified atom stereocenters. The van der Waals surface area contributed by atoms with E-state index in [9.17, 15) is 14.7 Å². The number of nitrogens with zero attached hydrogens (tertiary/aromatic N) is 1. The molecule has 8 heteroatoms. The number of Topliss-reactive ketones (excluding diaryl/α,β-unsaturated/α-hetero) is 1. The van der Waals surface area contributed by atoms with Gasteiger partial charge in [0, 0.05) is 30.7 Å². The molecule has 2 heterocycles. The van der Waals surface area contributed by atoms with Crippen LogP contribution in [0, 0.1) is 0 Å². The van der Waals surface area contributed by atoms with E-state index in [2.05, 4.69) is 0 Å². The number of hydrogen-bond donors (Lipinski definition) is 1. The number of benzene rings is 1. The van der Waals surface area contributed by atoms with Crippen LogP contribution in [0.3, 0.4) is 0 Å². The van der Waals surface area contributed by atoms with Crippen molar-refractivity contribution in [1.29, 1.82) is 0 Å². The van der Waals surface area contributed by atoms with Crippen LogP contribution in [0.4, 0.5) is 0 Å². The summed E-state index contributed by atoms with van der Waals surface area (Å²) in [7, 11) is 3.05. The summed E-state index contributed by atoms with van der Waals surface area (Å²) < 4.78 is 10.3. The van der Waals surface area contributed by atoms with Crippen molar-refractivity contribution in [2.24, 2.45) is 0 Å². The molecule has 2 aromatic rings. The standard InChI is InChI=1S/C20H20ClNO5S/c1-26-9-4-8-22-17(15-5-3-10-28-15)16(19(24)20(22)25)18(23)12-6-7-13(21)14(11-12)27-2/h3,5-7,10-11,17,23H,4,8-9H2,1-2H3/b18-16-. The van der Waals surface area contributed by atoms with E-state index < -0.39 is 17.7 Å². The molecular formula is C20H20ClNO5S. The number of thiophene rings is 1. The zero-order chi connectivity index (χ0) is 20.3. The van der Waals surface area contributed by atoms with Crippen molar-refractivity contribution in [1.82, 2.24) is 4.90 Å². The molecule has 28 heavy (non-hydrogen) atoms. The Hall–Kier alpha value is -2.35. The van der Waals surface area contributed by atoms with Crippen molar-refractivity contribution in [2.45, 2.75) is 12.5 Å². The van der Waals surface area contributed by atoms with E-state index >= 15 is 0 Å². The summed E-state index contributed by atoms with van der Waals surface area (Å²) in [5, 5.41) is 13.2. The van der Waals surface area contributed by atoms with Crippen LogP contribution in [0.1, 0.15) is 22.9 Å². The highest BCUT2D eigenvalue weighted by Gasteiger charge is 2.46. The molecule has 1 fully saturated rings. The average Bonchev–Trinajstić information content (AvgIpc) is 3.30.